The van der Waals surface area contributed by atoms with Crippen LogP contribution in [0.1, 0.15) is 24.7 Å². The van der Waals surface area contributed by atoms with Crippen molar-refractivity contribution < 1.29 is 4.79 Å². The summed E-state index contributed by atoms with van der Waals surface area (Å²) in [6.07, 6.45) is 0.906. The summed E-state index contributed by atoms with van der Waals surface area (Å²) in [5.74, 6) is 0.152. The van der Waals surface area contributed by atoms with E-state index in [4.69, 9.17) is 0 Å². The lowest BCUT2D eigenvalue weighted by molar-refractivity contribution is -0.120. The first-order chi connectivity index (χ1) is 7.59. The molecule has 0 bridgehead atoms. The molecular formula is C11H18N4O. The van der Waals surface area contributed by atoms with Crippen molar-refractivity contribution in [2.75, 3.05) is 11.9 Å². The SMILES string of the molecule is Cc1n[nH]c(C)c1NC(=O)C1CCNC1C. The Hall–Kier alpha value is -1.36. The zero-order valence-electron chi connectivity index (χ0n) is 9.92. The van der Waals surface area contributed by atoms with Gasteiger partial charge >= 0.3 is 0 Å². The Morgan fingerprint density at radius 1 is 1.50 bits per heavy atom. The van der Waals surface area contributed by atoms with Crippen LogP contribution >= 0.6 is 0 Å². The maximum Gasteiger partial charge on any atom is 0.229 e. The molecule has 1 aromatic heterocycles. The van der Waals surface area contributed by atoms with Crippen LogP contribution in [-0.2, 0) is 4.79 Å². The minimum absolute atomic E-state index is 0.0636. The van der Waals surface area contributed by atoms with Crippen LogP contribution in [0.3, 0.4) is 0 Å². The van der Waals surface area contributed by atoms with Crippen LogP contribution in [0, 0.1) is 19.8 Å². The van der Waals surface area contributed by atoms with Crippen molar-refractivity contribution in [1.29, 1.82) is 0 Å². The van der Waals surface area contributed by atoms with E-state index in [9.17, 15) is 4.79 Å². The number of hydrogen-bond acceptors (Lipinski definition) is 3. The van der Waals surface area contributed by atoms with Crippen LogP contribution in [0.5, 0.6) is 0 Å². The molecule has 5 nitrogen and oxygen atoms in total. The Balaban J connectivity index is 2.07. The number of rotatable bonds is 2. The molecule has 1 aromatic rings. The summed E-state index contributed by atoms with van der Waals surface area (Å²) in [7, 11) is 0. The fraction of sp³-hybridized carbons (Fsp3) is 0.636. The van der Waals surface area contributed by atoms with Gasteiger partial charge in [0.05, 0.1) is 23.0 Å². The van der Waals surface area contributed by atoms with E-state index in [1.807, 2.05) is 20.8 Å². The van der Waals surface area contributed by atoms with E-state index in [2.05, 4.69) is 20.8 Å². The first kappa shape index (κ1) is 11.1. The average molecular weight is 222 g/mol. The average Bonchev–Trinajstić information content (AvgIpc) is 2.79. The van der Waals surface area contributed by atoms with Gasteiger partial charge in [0, 0.05) is 6.04 Å². The molecule has 1 aliphatic heterocycles. The summed E-state index contributed by atoms with van der Waals surface area (Å²) in [5.41, 5.74) is 2.57. The zero-order valence-corrected chi connectivity index (χ0v) is 9.92. The molecule has 16 heavy (non-hydrogen) atoms. The maximum atomic E-state index is 12.0. The molecule has 0 aromatic carbocycles. The van der Waals surface area contributed by atoms with E-state index in [1.165, 1.54) is 0 Å². The molecule has 2 atom stereocenters. The van der Waals surface area contributed by atoms with Gasteiger partial charge in [-0.2, -0.15) is 5.10 Å². The molecule has 0 saturated carbocycles. The topological polar surface area (TPSA) is 69.8 Å². The van der Waals surface area contributed by atoms with Gasteiger partial charge < -0.3 is 10.6 Å². The molecule has 5 heteroatoms. The first-order valence-corrected chi connectivity index (χ1v) is 5.65. The fourth-order valence-electron chi connectivity index (χ4n) is 2.17. The quantitative estimate of drug-likeness (QED) is 0.698. The first-order valence-electron chi connectivity index (χ1n) is 5.65. The molecule has 1 fully saturated rings. The summed E-state index contributed by atoms with van der Waals surface area (Å²) in [6, 6.07) is 0.257. The molecule has 1 aliphatic rings. The van der Waals surface area contributed by atoms with Gasteiger partial charge in [-0.3, -0.25) is 9.89 Å². The molecular weight excluding hydrogens is 204 g/mol. The second kappa shape index (κ2) is 4.25. The predicted molar refractivity (Wildman–Crippen MR) is 62.3 cm³/mol. The highest BCUT2D eigenvalue weighted by Gasteiger charge is 2.29. The lowest BCUT2D eigenvalue weighted by Crippen LogP contribution is -2.32. The van der Waals surface area contributed by atoms with Crippen molar-refractivity contribution in [1.82, 2.24) is 15.5 Å². The molecule has 88 valence electrons. The van der Waals surface area contributed by atoms with Gasteiger partial charge in [0.2, 0.25) is 5.91 Å². The van der Waals surface area contributed by atoms with Gasteiger partial charge in [-0.15, -0.1) is 0 Å². The van der Waals surface area contributed by atoms with Crippen molar-refractivity contribution in [2.45, 2.75) is 33.2 Å². The second-order valence-electron chi connectivity index (χ2n) is 4.44. The molecule has 2 rings (SSSR count). The number of nitrogens with one attached hydrogen (secondary N) is 3. The Kier molecular flexibility index (Phi) is 2.96. The Morgan fingerprint density at radius 3 is 2.75 bits per heavy atom. The Labute approximate surface area is 95.0 Å². The minimum atomic E-state index is 0.0636. The number of hydrogen-bond donors (Lipinski definition) is 3. The largest absolute Gasteiger partial charge is 0.323 e. The highest BCUT2D eigenvalue weighted by Crippen LogP contribution is 2.21. The molecule has 2 heterocycles. The number of H-pyrrole nitrogens is 1. The fourth-order valence-corrected chi connectivity index (χ4v) is 2.17. The van der Waals surface area contributed by atoms with Gasteiger partial charge in [-0.25, -0.2) is 0 Å². The summed E-state index contributed by atoms with van der Waals surface area (Å²) in [6.45, 7) is 6.76. The maximum absolute atomic E-state index is 12.0. The summed E-state index contributed by atoms with van der Waals surface area (Å²) in [5, 5.41) is 13.2. The third kappa shape index (κ3) is 1.95. The highest BCUT2D eigenvalue weighted by atomic mass is 16.2. The van der Waals surface area contributed by atoms with Crippen LogP contribution in [0.4, 0.5) is 5.69 Å². The number of aromatic amines is 1. The highest BCUT2D eigenvalue weighted by molar-refractivity contribution is 5.94. The second-order valence-corrected chi connectivity index (χ2v) is 4.44. The Bertz CT molecular complexity index is 379. The van der Waals surface area contributed by atoms with Crippen molar-refractivity contribution in [3.8, 4) is 0 Å². The number of anilines is 1. The van der Waals surface area contributed by atoms with Crippen molar-refractivity contribution in [3.05, 3.63) is 11.4 Å². The summed E-state index contributed by atoms with van der Waals surface area (Å²) >= 11 is 0. The predicted octanol–water partition coefficient (Wildman–Crippen LogP) is 0.963. The zero-order chi connectivity index (χ0) is 11.7. The van der Waals surface area contributed by atoms with E-state index in [0.717, 1.165) is 30.0 Å². The lowest BCUT2D eigenvalue weighted by atomic mass is 10.0. The molecule has 1 amide bonds. The number of nitrogens with zero attached hydrogens (tertiary/aromatic N) is 1. The van der Waals surface area contributed by atoms with E-state index in [1.54, 1.807) is 0 Å². The van der Waals surface area contributed by atoms with Crippen LogP contribution in [-0.4, -0.2) is 28.7 Å². The number of amides is 1. The number of aryl methyl sites for hydroxylation is 2. The third-order valence-corrected chi connectivity index (χ3v) is 3.24. The molecule has 3 N–H and O–H groups in total. The Morgan fingerprint density at radius 2 is 2.25 bits per heavy atom. The van der Waals surface area contributed by atoms with Crippen molar-refractivity contribution in [2.24, 2.45) is 5.92 Å². The van der Waals surface area contributed by atoms with E-state index >= 15 is 0 Å². The van der Waals surface area contributed by atoms with Crippen LogP contribution in [0.2, 0.25) is 0 Å². The van der Waals surface area contributed by atoms with Crippen LogP contribution < -0.4 is 10.6 Å². The molecule has 0 aliphatic carbocycles. The number of carbonyl (C=O) groups excluding carboxylic acids is 1. The van der Waals surface area contributed by atoms with E-state index in [-0.39, 0.29) is 17.9 Å². The van der Waals surface area contributed by atoms with Gasteiger partial charge in [0.15, 0.2) is 0 Å². The number of carbonyl (C=O) groups is 1. The van der Waals surface area contributed by atoms with E-state index < -0.39 is 0 Å². The van der Waals surface area contributed by atoms with Crippen LogP contribution in [0.15, 0.2) is 0 Å². The molecule has 2 unspecified atom stereocenters. The van der Waals surface area contributed by atoms with Crippen molar-refractivity contribution in [3.63, 3.8) is 0 Å². The number of aromatic nitrogens is 2. The van der Waals surface area contributed by atoms with Gasteiger partial charge in [0.1, 0.15) is 0 Å². The normalized spacial score (nSPS) is 24.7. The van der Waals surface area contributed by atoms with Crippen LogP contribution in [0.25, 0.3) is 0 Å². The molecule has 0 radical (unpaired) electrons. The van der Waals surface area contributed by atoms with Gasteiger partial charge in [-0.05, 0) is 33.7 Å². The van der Waals surface area contributed by atoms with Gasteiger partial charge in [0.25, 0.3) is 0 Å². The van der Waals surface area contributed by atoms with Gasteiger partial charge in [-0.1, -0.05) is 0 Å². The smallest absolute Gasteiger partial charge is 0.229 e. The summed E-state index contributed by atoms with van der Waals surface area (Å²) in [4.78, 5) is 12.0. The molecule has 0 spiro atoms. The van der Waals surface area contributed by atoms with Crippen molar-refractivity contribution >= 4 is 11.6 Å². The monoisotopic (exact) mass is 222 g/mol. The van der Waals surface area contributed by atoms with E-state index in [0.29, 0.717) is 0 Å². The summed E-state index contributed by atoms with van der Waals surface area (Å²) < 4.78 is 0. The standard InChI is InChI=1S/C11H18N4O/c1-6-9(4-5-12-6)11(16)13-10-7(2)14-15-8(10)3/h6,9,12H,4-5H2,1-3H3,(H,13,16)(H,14,15). The minimum Gasteiger partial charge on any atom is -0.323 e. The lowest BCUT2D eigenvalue weighted by Gasteiger charge is -2.14. The molecule has 1 saturated heterocycles. The third-order valence-electron chi connectivity index (χ3n) is 3.24.